The van der Waals surface area contributed by atoms with Crippen molar-refractivity contribution in [1.29, 1.82) is 0 Å². The lowest BCUT2D eigenvalue weighted by molar-refractivity contribution is -0.146. The maximum Gasteiger partial charge on any atom is 0.326 e. The van der Waals surface area contributed by atoms with Crippen molar-refractivity contribution < 1.29 is 24.3 Å². The van der Waals surface area contributed by atoms with Crippen molar-refractivity contribution in [2.24, 2.45) is 28.1 Å². The summed E-state index contributed by atoms with van der Waals surface area (Å²) in [7, 11) is 0. The number of amides is 3. The highest BCUT2D eigenvalue weighted by Crippen LogP contribution is 2.21. The summed E-state index contributed by atoms with van der Waals surface area (Å²) in [5, 5.41) is 14.7. The number of aliphatic imine (C=N–C) groups is 1. The summed E-state index contributed by atoms with van der Waals surface area (Å²) in [5.41, 5.74) is 16.2. The van der Waals surface area contributed by atoms with E-state index in [1.54, 1.807) is 6.92 Å². The van der Waals surface area contributed by atoms with Gasteiger partial charge in [-0.2, -0.15) is 0 Å². The van der Waals surface area contributed by atoms with E-state index in [2.05, 4.69) is 15.6 Å². The third-order valence-corrected chi connectivity index (χ3v) is 5.59. The fraction of sp³-hybridized carbons (Fsp3) is 0.750. The molecule has 0 aliphatic carbocycles. The fourth-order valence-corrected chi connectivity index (χ4v) is 3.50. The summed E-state index contributed by atoms with van der Waals surface area (Å²) < 4.78 is 0. The molecule has 3 amide bonds. The molecule has 0 saturated carbocycles. The average molecular weight is 456 g/mol. The van der Waals surface area contributed by atoms with Gasteiger partial charge in [-0.1, -0.05) is 20.3 Å². The quantitative estimate of drug-likeness (QED) is 0.115. The maximum atomic E-state index is 13.2. The van der Waals surface area contributed by atoms with E-state index in [4.69, 9.17) is 17.2 Å². The van der Waals surface area contributed by atoms with Crippen molar-refractivity contribution in [2.45, 2.75) is 77.0 Å². The van der Waals surface area contributed by atoms with Gasteiger partial charge >= 0.3 is 5.97 Å². The number of nitrogens with zero attached hydrogens (tertiary/aromatic N) is 2. The van der Waals surface area contributed by atoms with E-state index < -0.39 is 47.9 Å². The number of nitrogens with one attached hydrogen (secondary N) is 2. The van der Waals surface area contributed by atoms with Gasteiger partial charge in [0.2, 0.25) is 17.7 Å². The van der Waals surface area contributed by atoms with Gasteiger partial charge in [-0.05, 0) is 38.5 Å². The van der Waals surface area contributed by atoms with Crippen molar-refractivity contribution in [2.75, 3.05) is 13.1 Å². The monoisotopic (exact) mass is 455 g/mol. The van der Waals surface area contributed by atoms with Gasteiger partial charge in [0.05, 0.1) is 6.04 Å². The number of carbonyl (C=O) groups excluding carboxylic acids is 3. The second-order valence-electron chi connectivity index (χ2n) is 8.20. The molecular weight excluding hydrogens is 418 g/mol. The molecule has 0 bridgehead atoms. The molecule has 1 aliphatic heterocycles. The number of hydrogen-bond donors (Lipinski definition) is 6. The lowest BCUT2D eigenvalue weighted by Gasteiger charge is -2.30. The summed E-state index contributed by atoms with van der Waals surface area (Å²) in [6.45, 7) is 5.69. The zero-order valence-corrected chi connectivity index (χ0v) is 19.0. The number of guanidine groups is 1. The summed E-state index contributed by atoms with van der Waals surface area (Å²) >= 11 is 0. The molecule has 1 saturated heterocycles. The Morgan fingerprint density at radius 3 is 2.38 bits per heavy atom. The van der Waals surface area contributed by atoms with Gasteiger partial charge in [-0.15, -0.1) is 0 Å². The number of carboxylic acids is 1. The van der Waals surface area contributed by atoms with Gasteiger partial charge in [0.15, 0.2) is 5.96 Å². The van der Waals surface area contributed by atoms with Gasteiger partial charge < -0.3 is 37.8 Å². The van der Waals surface area contributed by atoms with Crippen LogP contribution in [0.1, 0.15) is 52.9 Å². The Balaban J connectivity index is 2.95. The molecule has 12 nitrogen and oxygen atoms in total. The van der Waals surface area contributed by atoms with Crippen LogP contribution >= 0.6 is 0 Å². The number of hydrogen-bond acceptors (Lipinski definition) is 6. The van der Waals surface area contributed by atoms with E-state index in [1.165, 1.54) is 11.8 Å². The molecule has 1 heterocycles. The van der Waals surface area contributed by atoms with Crippen molar-refractivity contribution in [3.8, 4) is 0 Å². The van der Waals surface area contributed by atoms with Crippen molar-refractivity contribution in [3.63, 3.8) is 0 Å². The second kappa shape index (κ2) is 12.8. The molecule has 0 radical (unpaired) electrons. The Morgan fingerprint density at radius 1 is 1.19 bits per heavy atom. The molecule has 5 unspecified atom stereocenters. The molecule has 0 aromatic carbocycles. The summed E-state index contributed by atoms with van der Waals surface area (Å²) in [5.74, 6) is -2.88. The molecule has 0 spiro atoms. The first kappa shape index (κ1) is 27.1. The van der Waals surface area contributed by atoms with E-state index in [0.29, 0.717) is 32.2 Å². The molecule has 1 fully saturated rings. The standard InChI is InChI=1S/C20H37N7O5/c1-4-11(2)15(19(31)32)26-17(29)14-8-6-10-27(14)18(30)13(25-16(28)12(3)21)7-5-9-24-20(22)23/h11-15H,4-10,21H2,1-3H3,(H,25,28)(H,26,29)(H,31,32)(H4,22,23,24). The van der Waals surface area contributed by atoms with Crippen LogP contribution < -0.4 is 27.8 Å². The highest BCUT2D eigenvalue weighted by molar-refractivity contribution is 5.94. The Bertz CT molecular complexity index is 708. The highest BCUT2D eigenvalue weighted by Gasteiger charge is 2.39. The number of nitrogens with two attached hydrogens (primary N) is 3. The van der Waals surface area contributed by atoms with Crippen LogP contribution in [0.4, 0.5) is 0 Å². The lowest BCUT2D eigenvalue weighted by Crippen LogP contribution is -2.57. The van der Waals surface area contributed by atoms with E-state index in [1.807, 2.05) is 6.92 Å². The summed E-state index contributed by atoms with van der Waals surface area (Å²) in [6, 6.07) is -3.56. The van der Waals surface area contributed by atoms with Crippen molar-refractivity contribution in [1.82, 2.24) is 15.5 Å². The molecule has 9 N–H and O–H groups in total. The van der Waals surface area contributed by atoms with E-state index >= 15 is 0 Å². The minimum Gasteiger partial charge on any atom is -0.480 e. The number of rotatable bonds is 12. The van der Waals surface area contributed by atoms with E-state index in [0.717, 1.165) is 0 Å². The smallest absolute Gasteiger partial charge is 0.326 e. The van der Waals surface area contributed by atoms with Crippen LogP contribution in [0.2, 0.25) is 0 Å². The predicted octanol–water partition coefficient (Wildman–Crippen LogP) is -1.52. The van der Waals surface area contributed by atoms with Gasteiger partial charge in [-0.25, -0.2) is 4.79 Å². The number of likely N-dealkylation sites (tertiary alicyclic amines) is 1. The van der Waals surface area contributed by atoms with Crippen LogP contribution in [-0.4, -0.2) is 76.9 Å². The normalized spacial score (nSPS) is 19.4. The molecular formula is C20H37N7O5. The molecule has 0 aromatic heterocycles. The molecule has 1 rings (SSSR count). The fourth-order valence-electron chi connectivity index (χ4n) is 3.50. The Hall–Kier alpha value is -2.89. The van der Waals surface area contributed by atoms with Crippen LogP contribution in [0.25, 0.3) is 0 Å². The zero-order valence-electron chi connectivity index (χ0n) is 19.0. The molecule has 12 heteroatoms. The van der Waals surface area contributed by atoms with Crippen LogP contribution in [0, 0.1) is 5.92 Å². The minimum atomic E-state index is -1.12. The van der Waals surface area contributed by atoms with Crippen LogP contribution in [0.15, 0.2) is 4.99 Å². The van der Waals surface area contributed by atoms with Crippen molar-refractivity contribution >= 4 is 29.7 Å². The SMILES string of the molecule is CCC(C)C(NC(=O)C1CCCN1C(=O)C(CCCN=C(N)N)NC(=O)C(C)N)C(=O)O. The Kier molecular flexibility index (Phi) is 10.9. The number of aliphatic carboxylic acids is 1. The molecule has 5 atom stereocenters. The Labute approximate surface area is 188 Å². The van der Waals surface area contributed by atoms with Crippen LogP contribution in [0.5, 0.6) is 0 Å². The van der Waals surface area contributed by atoms with Gasteiger partial charge in [0.1, 0.15) is 18.1 Å². The van der Waals surface area contributed by atoms with Gasteiger partial charge in [-0.3, -0.25) is 19.4 Å². The number of carboxylic acid groups (broad SMARTS) is 1. The van der Waals surface area contributed by atoms with Crippen LogP contribution in [-0.2, 0) is 19.2 Å². The minimum absolute atomic E-state index is 0.0712. The topological polar surface area (TPSA) is 206 Å². The number of carbonyl (C=O) groups is 4. The first-order chi connectivity index (χ1) is 15.0. The van der Waals surface area contributed by atoms with E-state index in [-0.39, 0.29) is 24.8 Å². The first-order valence-electron chi connectivity index (χ1n) is 10.9. The third-order valence-electron chi connectivity index (χ3n) is 5.59. The zero-order chi connectivity index (χ0) is 24.4. The van der Waals surface area contributed by atoms with Crippen LogP contribution in [0.3, 0.4) is 0 Å². The van der Waals surface area contributed by atoms with Gasteiger partial charge in [0.25, 0.3) is 0 Å². The van der Waals surface area contributed by atoms with E-state index in [9.17, 15) is 24.3 Å². The average Bonchev–Trinajstić information content (AvgIpc) is 3.22. The molecule has 182 valence electrons. The molecule has 1 aliphatic rings. The summed E-state index contributed by atoms with van der Waals surface area (Å²) in [6.07, 6.45) is 2.25. The molecule has 32 heavy (non-hydrogen) atoms. The molecule has 0 aromatic rings. The maximum absolute atomic E-state index is 13.2. The second-order valence-corrected chi connectivity index (χ2v) is 8.20. The third kappa shape index (κ3) is 7.98. The predicted molar refractivity (Wildman–Crippen MR) is 119 cm³/mol. The summed E-state index contributed by atoms with van der Waals surface area (Å²) in [4.78, 5) is 55.1. The highest BCUT2D eigenvalue weighted by atomic mass is 16.4. The largest absolute Gasteiger partial charge is 0.480 e. The first-order valence-corrected chi connectivity index (χ1v) is 10.9. The van der Waals surface area contributed by atoms with Crippen molar-refractivity contribution in [3.05, 3.63) is 0 Å². The van der Waals surface area contributed by atoms with Gasteiger partial charge in [0, 0.05) is 13.1 Å². The Morgan fingerprint density at radius 2 is 1.84 bits per heavy atom. The lowest BCUT2D eigenvalue weighted by atomic mass is 9.98.